The van der Waals surface area contributed by atoms with Gasteiger partial charge in [0, 0.05) is 4.91 Å². The number of aliphatic hydroxyl groups excluding tert-OH is 1. The summed E-state index contributed by atoms with van der Waals surface area (Å²) in [6.07, 6.45) is 2.79. The summed E-state index contributed by atoms with van der Waals surface area (Å²) in [4.78, 5) is 2.79. The second-order valence-electron chi connectivity index (χ2n) is 8.02. The maximum absolute atomic E-state index is 10.1. The molecule has 0 radical (unpaired) electrons. The molecular weight excluding hydrogens is 294 g/mol. The Balaban J connectivity index is 4.40. The van der Waals surface area contributed by atoms with Crippen LogP contribution in [0.4, 0.5) is 0 Å². The maximum Gasteiger partial charge on any atom is 0.192 e. The van der Waals surface area contributed by atoms with Crippen LogP contribution in [-0.4, -0.2) is 31.7 Å². The second-order valence-corrected chi connectivity index (χ2v) is 12.8. The summed E-state index contributed by atoms with van der Waals surface area (Å²) in [6.45, 7) is 17.3. The fourth-order valence-corrected chi connectivity index (χ4v) is 2.54. The first kappa shape index (κ1) is 21.2. The molecule has 1 N–H and O–H groups in total. The standard InChI is InChI=1S/C16H33N3O2Si/c1-13(9-10-14(20)16(5,6)18-19-17)11-12-21-22(7,8)15(2,3)4/h11,14,20H,9-10,12H2,1-8H3/b13-11+. The first-order valence-electron chi connectivity index (χ1n) is 7.87. The summed E-state index contributed by atoms with van der Waals surface area (Å²) in [5, 5.41) is 14.0. The third-order valence-corrected chi connectivity index (χ3v) is 9.11. The zero-order valence-corrected chi connectivity index (χ0v) is 16.5. The molecule has 1 unspecified atom stereocenters. The zero-order valence-electron chi connectivity index (χ0n) is 15.5. The van der Waals surface area contributed by atoms with Crippen LogP contribution in [0.5, 0.6) is 0 Å². The van der Waals surface area contributed by atoms with Crippen LogP contribution >= 0.6 is 0 Å². The molecule has 0 aromatic carbocycles. The number of azide groups is 1. The van der Waals surface area contributed by atoms with E-state index in [0.717, 1.165) is 6.42 Å². The summed E-state index contributed by atoms with van der Waals surface area (Å²) in [7, 11) is -1.71. The van der Waals surface area contributed by atoms with Gasteiger partial charge < -0.3 is 9.53 Å². The molecule has 0 aliphatic rings. The molecule has 1 atom stereocenters. The van der Waals surface area contributed by atoms with Crippen LogP contribution in [0.2, 0.25) is 18.1 Å². The molecule has 0 rings (SSSR count). The number of nitrogens with zero attached hydrogens (tertiary/aromatic N) is 3. The first-order chi connectivity index (χ1) is 9.83. The Hall–Kier alpha value is -0.813. The van der Waals surface area contributed by atoms with E-state index < -0.39 is 20.0 Å². The third kappa shape index (κ3) is 6.96. The highest BCUT2D eigenvalue weighted by Gasteiger charge is 2.36. The van der Waals surface area contributed by atoms with Gasteiger partial charge in [-0.2, -0.15) is 0 Å². The number of aliphatic hydroxyl groups is 1. The van der Waals surface area contributed by atoms with E-state index in [0.29, 0.717) is 13.0 Å². The van der Waals surface area contributed by atoms with Crippen molar-refractivity contribution in [3.63, 3.8) is 0 Å². The average Bonchev–Trinajstić information content (AvgIpc) is 2.34. The topological polar surface area (TPSA) is 78.2 Å². The summed E-state index contributed by atoms with van der Waals surface area (Å²) in [5.74, 6) is 0. The van der Waals surface area contributed by atoms with Crippen molar-refractivity contribution >= 4 is 8.32 Å². The van der Waals surface area contributed by atoms with Crippen molar-refractivity contribution in [2.75, 3.05) is 6.61 Å². The molecule has 0 amide bonds. The van der Waals surface area contributed by atoms with Crippen LogP contribution in [-0.2, 0) is 4.43 Å². The van der Waals surface area contributed by atoms with Gasteiger partial charge in [0.25, 0.3) is 0 Å². The van der Waals surface area contributed by atoms with Crippen molar-refractivity contribution in [1.82, 2.24) is 0 Å². The lowest BCUT2D eigenvalue weighted by Gasteiger charge is -2.35. The quantitative estimate of drug-likeness (QED) is 0.219. The highest BCUT2D eigenvalue weighted by Crippen LogP contribution is 2.36. The van der Waals surface area contributed by atoms with Crippen molar-refractivity contribution in [3.8, 4) is 0 Å². The van der Waals surface area contributed by atoms with E-state index in [1.54, 1.807) is 13.8 Å². The van der Waals surface area contributed by atoms with Crippen molar-refractivity contribution in [3.05, 3.63) is 22.1 Å². The molecule has 0 saturated carbocycles. The summed E-state index contributed by atoms with van der Waals surface area (Å²) in [6, 6.07) is 0. The van der Waals surface area contributed by atoms with E-state index in [4.69, 9.17) is 9.96 Å². The fourth-order valence-electron chi connectivity index (χ4n) is 1.61. The Kier molecular flexibility index (Phi) is 7.85. The lowest BCUT2D eigenvalue weighted by atomic mass is 9.93. The molecule has 0 aromatic heterocycles. The monoisotopic (exact) mass is 327 g/mol. The van der Waals surface area contributed by atoms with E-state index in [2.05, 4.69) is 50.0 Å². The minimum atomic E-state index is -1.71. The van der Waals surface area contributed by atoms with Crippen LogP contribution < -0.4 is 0 Å². The van der Waals surface area contributed by atoms with E-state index in [1.807, 2.05) is 6.92 Å². The molecule has 22 heavy (non-hydrogen) atoms. The van der Waals surface area contributed by atoms with Gasteiger partial charge in [-0.05, 0) is 43.4 Å². The van der Waals surface area contributed by atoms with E-state index >= 15 is 0 Å². The van der Waals surface area contributed by atoms with Crippen LogP contribution in [0.15, 0.2) is 16.8 Å². The van der Waals surface area contributed by atoms with E-state index in [-0.39, 0.29) is 5.04 Å². The normalized spacial score (nSPS) is 15.4. The molecule has 0 aromatic rings. The Bertz CT molecular complexity index is 433. The Morgan fingerprint density at radius 2 is 1.86 bits per heavy atom. The van der Waals surface area contributed by atoms with Gasteiger partial charge in [0.05, 0.1) is 18.2 Å². The summed E-state index contributed by atoms with van der Waals surface area (Å²) in [5.41, 5.74) is 8.93. The van der Waals surface area contributed by atoms with Crippen molar-refractivity contribution < 1.29 is 9.53 Å². The fraction of sp³-hybridized carbons (Fsp3) is 0.875. The van der Waals surface area contributed by atoms with Gasteiger partial charge in [-0.1, -0.05) is 51.4 Å². The predicted molar refractivity (Wildman–Crippen MR) is 95.4 cm³/mol. The van der Waals surface area contributed by atoms with Crippen LogP contribution in [0.1, 0.15) is 54.4 Å². The Morgan fingerprint density at radius 1 is 1.32 bits per heavy atom. The molecule has 0 aliphatic heterocycles. The Labute approximate surface area is 136 Å². The van der Waals surface area contributed by atoms with Gasteiger partial charge in [-0.15, -0.1) is 0 Å². The third-order valence-electron chi connectivity index (χ3n) is 4.61. The smallest absolute Gasteiger partial charge is 0.192 e. The molecule has 0 fully saturated rings. The molecule has 0 saturated heterocycles. The molecule has 0 bridgehead atoms. The largest absolute Gasteiger partial charge is 0.413 e. The number of allylic oxidation sites excluding steroid dienone is 1. The highest BCUT2D eigenvalue weighted by atomic mass is 28.4. The molecule has 0 heterocycles. The average molecular weight is 328 g/mol. The summed E-state index contributed by atoms with van der Waals surface area (Å²) < 4.78 is 6.11. The minimum Gasteiger partial charge on any atom is -0.413 e. The van der Waals surface area contributed by atoms with Gasteiger partial charge in [-0.3, -0.25) is 0 Å². The lowest BCUT2D eigenvalue weighted by Crippen LogP contribution is -2.40. The summed E-state index contributed by atoms with van der Waals surface area (Å²) >= 11 is 0. The first-order valence-corrected chi connectivity index (χ1v) is 10.8. The molecule has 0 aliphatic carbocycles. The SMILES string of the molecule is C/C(=C\CO[Si](C)(C)C(C)(C)C)CCC(O)C(C)(C)N=[N+]=[N-]. The van der Waals surface area contributed by atoms with Crippen LogP contribution in [0.25, 0.3) is 10.4 Å². The maximum atomic E-state index is 10.1. The number of hydrogen-bond acceptors (Lipinski definition) is 3. The number of hydrogen-bond donors (Lipinski definition) is 1. The molecule has 128 valence electrons. The van der Waals surface area contributed by atoms with Crippen molar-refractivity contribution in [1.29, 1.82) is 0 Å². The van der Waals surface area contributed by atoms with Gasteiger partial charge >= 0.3 is 0 Å². The number of rotatable bonds is 8. The van der Waals surface area contributed by atoms with Gasteiger partial charge in [0.2, 0.25) is 0 Å². The Morgan fingerprint density at radius 3 is 2.32 bits per heavy atom. The molecule has 0 spiro atoms. The van der Waals surface area contributed by atoms with Crippen LogP contribution in [0, 0.1) is 0 Å². The van der Waals surface area contributed by atoms with Gasteiger partial charge in [0.15, 0.2) is 8.32 Å². The van der Waals surface area contributed by atoms with Gasteiger partial charge in [0.1, 0.15) is 0 Å². The predicted octanol–water partition coefficient (Wildman–Crippen LogP) is 5.18. The van der Waals surface area contributed by atoms with Crippen LogP contribution in [0.3, 0.4) is 0 Å². The molecular formula is C16H33N3O2Si. The van der Waals surface area contributed by atoms with Gasteiger partial charge in [-0.25, -0.2) is 0 Å². The van der Waals surface area contributed by atoms with E-state index in [9.17, 15) is 5.11 Å². The minimum absolute atomic E-state index is 0.213. The molecule has 5 nitrogen and oxygen atoms in total. The highest BCUT2D eigenvalue weighted by molar-refractivity contribution is 6.74. The second kappa shape index (κ2) is 8.16. The lowest BCUT2D eigenvalue weighted by molar-refractivity contribution is 0.0957. The zero-order chi connectivity index (χ0) is 17.6. The van der Waals surface area contributed by atoms with E-state index in [1.165, 1.54) is 5.57 Å². The van der Waals surface area contributed by atoms with Crippen molar-refractivity contribution in [2.45, 2.75) is 84.2 Å². The molecule has 6 heteroatoms. The van der Waals surface area contributed by atoms with Crippen molar-refractivity contribution in [2.24, 2.45) is 5.11 Å².